The number of nitrogens with one attached hydrogen (secondary N) is 1. The van der Waals surface area contributed by atoms with Gasteiger partial charge in [-0.1, -0.05) is 0 Å². The molecule has 0 saturated heterocycles. The van der Waals surface area contributed by atoms with E-state index in [1.807, 2.05) is 0 Å². The van der Waals surface area contributed by atoms with Crippen LogP contribution in [0.2, 0.25) is 0 Å². The molecule has 0 unspecified atom stereocenters. The molecule has 2 aromatic rings. The molecule has 2 N–H and O–H groups in total. The van der Waals surface area contributed by atoms with Gasteiger partial charge in [-0.25, -0.2) is 14.8 Å². The molecule has 0 bridgehead atoms. The summed E-state index contributed by atoms with van der Waals surface area (Å²) in [5.41, 5.74) is 1.65. The number of aromatic carboxylic acids is 1. The van der Waals surface area contributed by atoms with Crippen LogP contribution in [-0.4, -0.2) is 27.0 Å². The van der Waals surface area contributed by atoms with Gasteiger partial charge in [-0.3, -0.25) is 4.79 Å². The number of benzene rings is 1. The van der Waals surface area contributed by atoms with E-state index in [-0.39, 0.29) is 11.5 Å². The smallest absolute Gasteiger partial charge is 0.335 e. The highest BCUT2D eigenvalue weighted by molar-refractivity contribution is 6.04. The van der Waals surface area contributed by atoms with E-state index in [0.717, 1.165) is 0 Å². The minimum Gasteiger partial charge on any atom is -0.478 e. The second-order valence-electron chi connectivity index (χ2n) is 3.92. The van der Waals surface area contributed by atoms with Crippen molar-refractivity contribution >= 4 is 17.6 Å². The molecule has 1 amide bonds. The first-order valence-electron chi connectivity index (χ1n) is 5.48. The van der Waals surface area contributed by atoms with E-state index in [2.05, 4.69) is 15.3 Å². The highest BCUT2D eigenvalue weighted by Gasteiger charge is 2.10. The standard InChI is InChI=1S/C13H11N3O3/c1-8-4-10(2-3-11(8)13(18)19)16-12(17)9-5-14-7-15-6-9/h2-7H,1H3,(H,16,17)(H,18,19). The lowest BCUT2D eigenvalue weighted by Gasteiger charge is -2.07. The number of rotatable bonds is 3. The van der Waals surface area contributed by atoms with E-state index in [1.54, 1.807) is 13.0 Å². The Balaban J connectivity index is 2.19. The van der Waals surface area contributed by atoms with Gasteiger partial charge in [-0.2, -0.15) is 0 Å². The van der Waals surface area contributed by atoms with Gasteiger partial charge in [0.05, 0.1) is 11.1 Å². The first-order chi connectivity index (χ1) is 9.08. The zero-order valence-corrected chi connectivity index (χ0v) is 10.1. The van der Waals surface area contributed by atoms with Crippen LogP contribution in [0, 0.1) is 6.92 Å². The van der Waals surface area contributed by atoms with Gasteiger partial charge in [-0.05, 0) is 30.7 Å². The first kappa shape index (κ1) is 12.7. The zero-order chi connectivity index (χ0) is 13.8. The number of anilines is 1. The maximum atomic E-state index is 11.8. The number of carbonyl (C=O) groups is 2. The third-order valence-electron chi connectivity index (χ3n) is 2.54. The summed E-state index contributed by atoms with van der Waals surface area (Å²) < 4.78 is 0. The first-order valence-corrected chi connectivity index (χ1v) is 5.48. The van der Waals surface area contributed by atoms with E-state index in [9.17, 15) is 9.59 Å². The molecule has 1 aromatic heterocycles. The van der Waals surface area contributed by atoms with Gasteiger partial charge in [-0.15, -0.1) is 0 Å². The molecule has 6 nitrogen and oxygen atoms in total. The Kier molecular flexibility index (Phi) is 3.51. The quantitative estimate of drug-likeness (QED) is 0.873. The van der Waals surface area contributed by atoms with Crippen LogP contribution < -0.4 is 5.32 Å². The fraction of sp³-hybridized carbons (Fsp3) is 0.0769. The third-order valence-corrected chi connectivity index (χ3v) is 2.54. The molecular formula is C13H11N3O3. The van der Waals surface area contributed by atoms with Gasteiger partial charge in [0.25, 0.3) is 5.91 Å². The average Bonchev–Trinajstić information content (AvgIpc) is 2.39. The molecule has 0 aliphatic carbocycles. The van der Waals surface area contributed by atoms with Crippen molar-refractivity contribution in [1.29, 1.82) is 0 Å². The second kappa shape index (κ2) is 5.26. The van der Waals surface area contributed by atoms with Gasteiger partial charge in [0, 0.05) is 18.1 Å². The molecule has 2 rings (SSSR count). The van der Waals surface area contributed by atoms with Crippen LogP contribution >= 0.6 is 0 Å². The van der Waals surface area contributed by atoms with Crippen LogP contribution in [0.4, 0.5) is 5.69 Å². The molecule has 0 radical (unpaired) electrons. The molecule has 1 heterocycles. The van der Waals surface area contributed by atoms with E-state index in [1.165, 1.54) is 30.9 Å². The Hall–Kier alpha value is -2.76. The van der Waals surface area contributed by atoms with Crippen molar-refractivity contribution in [2.24, 2.45) is 0 Å². The number of amides is 1. The molecule has 19 heavy (non-hydrogen) atoms. The highest BCUT2D eigenvalue weighted by Crippen LogP contribution is 2.16. The Bertz CT molecular complexity index is 626. The predicted molar refractivity (Wildman–Crippen MR) is 68.1 cm³/mol. The average molecular weight is 257 g/mol. The van der Waals surface area contributed by atoms with E-state index >= 15 is 0 Å². The Morgan fingerprint density at radius 1 is 1.21 bits per heavy atom. The fourth-order valence-electron chi connectivity index (χ4n) is 1.60. The topological polar surface area (TPSA) is 92.2 Å². The summed E-state index contributed by atoms with van der Waals surface area (Å²) in [4.78, 5) is 30.2. The lowest BCUT2D eigenvalue weighted by atomic mass is 10.1. The Morgan fingerprint density at radius 2 is 1.89 bits per heavy atom. The predicted octanol–water partition coefficient (Wildman–Crippen LogP) is 1.74. The van der Waals surface area contributed by atoms with Crippen molar-refractivity contribution in [1.82, 2.24) is 9.97 Å². The number of carbonyl (C=O) groups excluding carboxylic acids is 1. The lowest BCUT2D eigenvalue weighted by molar-refractivity contribution is 0.0696. The fourth-order valence-corrected chi connectivity index (χ4v) is 1.60. The lowest BCUT2D eigenvalue weighted by Crippen LogP contribution is -2.13. The third kappa shape index (κ3) is 2.92. The van der Waals surface area contributed by atoms with Gasteiger partial charge >= 0.3 is 5.97 Å². The Labute approximate surface area is 109 Å². The van der Waals surface area contributed by atoms with Crippen LogP contribution in [0.1, 0.15) is 26.3 Å². The SMILES string of the molecule is Cc1cc(NC(=O)c2cncnc2)ccc1C(=O)O. The van der Waals surface area contributed by atoms with Gasteiger partial charge in [0.1, 0.15) is 6.33 Å². The summed E-state index contributed by atoms with van der Waals surface area (Å²) in [6.45, 7) is 1.67. The summed E-state index contributed by atoms with van der Waals surface area (Å²) in [7, 11) is 0. The molecule has 0 atom stereocenters. The van der Waals surface area contributed by atoms with Crippen molar-refractivity contribution in [3.8, 4) is 0 Å². The van der Waals surface area contributed by atoms with Crippen LogP contribution in [-0.2, 0) is 0 Å². The number of hydrogen-bond donors (Lipinski definition) is 2. The van der Waals surface area contributed by atoms with E-state index < -0.39 is 5.97 Å². The molecule has 0 saturated carbocycles. The molecular weight excluding hydrogens is 246 g/mol. The maximum absolute atomic E-state index is 11.8. The van der Waals surface area contributed by atoms with E-state index in [4.69, 9.17) is 5.11 Å². The summed E-state index contributed by atoms with van der Waals surface area (Å²) in [6.07, 6.45) is 4.14. The number of hydrogen-bond acceptors (Lipinski definition) is 4. The van der Waals surface area contributed by atoms with Crippen molar-refractivity contribution in [2.75, 3.05) is 5.32 Å². The molecule has 6 heteroatoms. The Morgan fingerprint density at radius 3 is 2.47 bits per heavy atom. The van der Waals surface area contributed by atoms with Crippen LogP contribution in [0.3, 0.4) is 0 Å². The number of aromatic nitrogens is 2. The van der Waals surface area contributed by atoms with Crippen LogP contribution in [0.15, 0.2) is 36.9 Å². The monoisotopic (exact) mass is 257 g/mol. The maximum Gasteiger partial charge on any atom is 0.335 e. The number of aryl methyl sites for hydroxylation is 1. The number of nitrogens with zero attached hydrogens (tertiary/aromatic N) is 2. The molecule has 0 spiro atoms. The number of carboxylic acid groups (broad SMARTS) is 1. The minimum absolute atomic E-state index is 0.209. The van der Waals surface area contributed by atoms with Crippen molar-refractivity contribution in [3.63, 3.8) is 0 Å². The summed E-state index contributed by atoms with van der Waals surface area (Å²) >= 11 is 0. The highest BCUT2D eigenvalue weighted by atomic mass is 16.4. The molecule has 1 aromatic carbocycles. The van der Waals surface area contributed by atoms with Gasteiger partial charge in [0.2, 0.25) is 0 Å². The van der Waals surface area contributed by atoms with Crippen LogP contribution in [0.25, 0.3) is 0 Å². The zero-order valence-electron chi connectivity index (χ0n) is 10.1. The van der Waals surface area contributed by atoms with Gasteiger partial charge in [0.15, 0.2) is 0 Å². The van der Waals surface area contributed by atoms with Crippen molar-refractivity contribution < 1.29 is 14.7 Å². The van der Waals surface area contributed by atoms with Gasteiger partial charge < -0.3 is 10.4 Å². The molecule has 0 aliphatic rings. The summed E-state index contributed by atoms with van der Waals surface area (Å²) in [5, 5.41) is 11.6. The minimum atomic E-state index is -0.994. The molecule has 0 fully saturated rings. The molecule has 0 aliphatic heterocycles. The summed E-state index contributed by atoms with van der Waals surface area (Å²) in [6, 6.07) is 4.60. The normalized spacial score (nSPS) is 9.95. The summed E-state index contributed by atoms with van der Waals surface area (Å²) in [5.74, 6) is -1.34. The molecule has 96 valence electrons. The van der Waals surface area contributed by atoms with Crippen molar-refractivity contribution in [3.05, 3.63) is 53.6 Å². The second-order valence-corrected chi connectivity index (χ2v) is 3.92. The van der Waals surface area contributed by atoms with Crippen LogP contribution in [0.5, 0.6) is 0 Å². The van der Waals surface area contributed by atoms with E-state index in [0.29, 0.717) is 16.8 Å². The van der Waals surface area contributed by atoms with Crippen molar-refractivity contribution in [2.45, 2.75) is 6.92 Å². The number of carboxylic acids is 1. The largest absolute Gasteiger partial charge is 0.478 e.